The summed E-state index contributed by atoms with van der Waals surface area (Å²) in [7, 11) is 1.81. The summed E-state index contributed by atoms with van der Waals surface area (Å²) in [5, 5.41) is 11.9. The summed E-state index contributed by atoms with van der Waals surface area (Å²) in [6, 6.07) is -0.181. The predicted molar refractivity (Wildman–Crippen MR) is 61.3 cm³/mol. The number of carboxylic acids is 1. The van der Waals surface area contributed by atoms with Gasteiger partial charge in [-0.1, -0.05) is 11.6 Å². The normalized spacial score (nSPS) is 24.6. The summed E-state index contributed by atoms with van der Waals surface area (Å²) in [5.41, 5.74) is 0. The molecule has 1 aromatic heterocycles. The second-order valence-electron chi connectivity index (χ2n) is 3.61. The number of likely N-dealkylation sites (N-methyl/N-ethyl adjacent to an activating group) is 1. The van der Waals surface area contributed by atoms with Gasteiger partial charge >= 0.3 is 5.97 Å². The van der Waals surface area contributed by atoms with Crippen LogP contribution < -0.4 is 4.90 Å². The van der Waals surface area contributed by atoms with E-state index in [9.17, 15) is 4.79 Å². The minimum absolute atomic E-state index is 0.181. The molecule has 0 radical (unpaired) electrons. The van der Waals surface area contributed by atoms with E-state index >= 15 is 0 Å². The molecule has 1 N–H and O–H groups in total. The van der Waals surface area contributed by atoms with Gasteiger partial charge in [-0.05, 0) is 0 Å². The molecule has 0 amide bonds. The van der Waals surface area contributed by atoms with Gasteiger partial charge in [0.05, 0.1) is 19.3 Å². The fourth-order valence-electron chi connectivity index (χ4n) is 1.71. The number of carboxylic acid groups (broad SMARTS) is 1. The minimum Gasteiger partial charge on any atom is -0.481 e. The Hall–Kier alpha value is -0.850. The molecule has 5 nitrogen and oxygen atoms in total. The Kier molecular flexibility index (Phi) is 3.32. The summed E-state index contributed by atoms with van der Waals surface area (Å²) in [6.07, 6.45) is 0. The molecule has 2 rings (SSSR count). The zero-order valence-corrected chi connectivity index (χ0v) is 10.2. The van der Waals surface area contributed by atoms with Crippen molar-refractivity contribution in [2.24, 2.45) is 5.92 Å². The van der Waals surface area contributed by atoms with Gasteiger partial charge < -0.3 is 14.7 Å². The first-order valence-corrected chi connectivity index (χ1v) is 5.99. The molecule has 2 unspecified atom stereocenters. The summed E-state index contributed by atoms with van der Waals surface area (Å²) in [4.78, 5) is 16.9. The van der Waals surface area contributed by atoms with Crippen molar-refractivity contribution >= 4 is 34.0 Å². The van der Waals surface area contributed by atoms with E-state index in [0.717, 1.165) is 0 Å². The summed E-state index contributed by atoms with van der Waals surface area (Å²) < 4.78 is 5.20. The van der Waals surface area contributed by atoms with Gasteiger partial charge in [0.15, 0.2) is 5.13 Å². The van der Waals surface area contributed by atoms with Crippen LogP contribution in [0.5, 0.6) is 0 Å². The average molecular weight is 263 g/mol. The number of anilines is 1. The lowest BCUT2D eigenvalue weighted by Crippen LogP contribution is -2.40. The quantitative estimate of drug-likeness (QED) is 0.891. The smallest absolute Gasteiger partial charge is 0.311 e. The molecule has 0 bridgehead atoms. The fourth-order valence-corrected chi connectivity index (χ4v) is 2.68. The molecule has 1 fully saturated rings. The van der Waals surface area contributed by atoms with Gasteiger partial charge in [0.2, 0.25) is 0 Å². The molecule has 7 heteroatoms. The third-order valence-corrected chi connectivity index (χ3v) is 3.89. The van der Waals surface area contributed by atoms with E-state index in [2.05, 4.69) is 4.98 Å². The van der Waals surface area contributed by atoms with Gasteiger partial charge in [-0.15, -0.1) is 11.3 Å². The van der Waals surface area contributed by atoms with E-state index in [-0.39, 0.29) is 12.6 Å². The highest BCUT2D eigenvalue weighted by molar-refractivity contribution is 7.14. The lowest BCUT2D eigenvalue weighted by atomic mass is 10.0. The molecule has 0 saturated carbocycles. The fraction of sp³-hybridized carbons (Fsp3) is 0.556. The number of aliphatic carboxylic acids is 1. The Morgan fingerprint density at radius 3 is 3.06 bits per heavy atom. The number of carbonyl (C=O) groups is 1. The van der Waals surface area contributed by atoms with Crippen LogP contribution in [0.25, 0.3) is 0 Å². The molecule has 16 heavy (non-hydrogen) atoms. The summed E-state index contributed by atoms with van der Waals surface area (Å²) in [6.45, 7) is 0.661. The highest BCUT2D eigenvalue weighted by Crippen LogP contribution is 2.28. The minimum atomic E-state index is -0.836. The molecule has 1 saturated heterocycles. The van der Waals surface area contributed by atoms with E-state index in [0.29, 0.717) is 16.9 Å². The van der Waals surface area contributed by atoms with Crippen molar-refractivity contribution in [2.45, 2.75) is 6.04 Å². The van der Waals surface area contributed by atoms with Gasteiger partial charge in [0.25, 0.3) is 0 Å². The molecular weight excluding hydrogens is 252 g/mol. The zero-order valence-electron chi connectivity index (χ0n) is 8.59. The van der Waals surface area contributed by atoms with E-state index < -0.39 is 11.9 Å². The van der Waals surface area contributed by atoms with Crippen molar-refractivity contribution in [3.8, 4) is 0 Å². The first kappa shape index (κ1) is 11.6. The van der Waals surface area contributed by atoms with Crippen molar-refractivity contribution < 1.29 is 14.6 Å². The van der Waals surface area contributed by atoms with Crippen LogP contribution in [-0.2, 0) is 9.53 Å². The number of halogens is 1. The molecule has 1 aromatic rings. The summed E-state index contributed by atoms with van der Waals surface area (Å²) in [5.74, 6) is -1.34. The predicted octanol–water partition coefficient (Wildman–Crippen LogP) is 1.33. The Morgan fingerprint density at radius 2 is 2.50 bits per heavy atom. The number of nitrogens with zero attached hydrogens (tertiary/aromatic N) is 2. The average Bonchev–Trinajstić information content (AvgIpc) is 2.84. The van der Waals surface area contributed by atoms with E-state index in [1.54, 1.807) is 5.38 Å². The topological polar surface area (TPSA) is 62.7 Å². The van der Waals surface area contributed by atoms with Crippen molar-refractivity contribution in [3.05, 3.63) is 10.5 Å². The molecule has 2 heterocycles. The van der Waals surface area contributed by atoms with Gasteiger partial charge in [0.1, 0.15) is 11.1 Å². The van der Waals surface area contributed by atoms with Crippen LogP contribution in [0.1, 0.15) is 0 Å². The Balaban J connectivity index is 2.15. The number of hydrogen-bond acceptors (Lipinski definition) is 5. The van der Waals surface area contributed by atoms with Gasteiger partial charge in [-0.2, -0.15) is 0 Å². The highest BCUT2D eigenvalue weighted by atomic mass is 35.5. The van der Waals surface area contributed by atoms with Crippen LogP contribution in [0.2, 0.25) is 5.15 Å². The maximum absolute atomic E-state index is 11.0. The van der Waals surface area contributed by atoms with Crippen molar-refractivity contribution in [3.63, 3.8) is 0 Å². The zero-order chi connectivity index (χ0) is 11.7. The van der Waals surface area contributed by atoms with Gasteiger partial charge in [-0.25, -0.2) is 4.98 Å². The summed E-state index contributed by atoms with van der Waals surface area (Å²) >= 11 is 7.13. The third-order valence-electron chi connectivity index (χ3n) is 2.63. The second kappa shape index (κ2) is 4.57. The van der Waals surface area contributed by atoms with Crippen LogP contribution in [0, 0.1) is 5.92 Å². The lowest BCUT2D eigenvalue weighted by molar-refractivity contribution is -0.141. The van der Waals surface area contributed by atoms with Crippen molar-refractivity contribution in [1.29, 1.82) is 0 Å². The molecule has 0 aromatic carbocycles. The monoisotopic (exact) mass is 262 g/mol. The van der Waals surface area contributed by atoms with Crippen molar-refractivity contribution in [2.75, 3.05) is 25.2 Å². The van der Waals surface area contributed by atoms with Crippen LogP contribution in [0.15, 0.2) is 5.38 Å². The van der Waals surface area contributed by atoms with Gasteiger partial charge in [-0.3, -0.25) is 4.79 Å². The Morgan fingerprint density at radius 1 is 1.75 bits per heavy atom. The third kappa shape index (κ3) is 2.14. The SMILES string of the molecule is CN(c1nc(Cl)cs1)C1COCC1C(=O)O. The molecule has 2 atom stereocenters. The van der Waals surface area contributed by atoms with E-state index in [1.165, 1.54) is 11.3 Å². The largest absolute Gasteiger partial charge is 0.481 e. The van der Waals surface area contributed by atoms with E-state index in [1.807, 2.05) is 11.9 Å². The Bertz CT molecular complexity index is 398. The molecule has 0 spiro atoms. The number of ether oxygens (including phenoxy) is 1. The Labute approximate surface area is 102 Å². The molecular formula is C9H11ClN2O3S. The first-order valence-electron chi connectivity index (χ1n) is 4.74. The van der Waals surface area contributed by atoms with Crippen LogP contribution in [-0.4, -0.2) is 42.4 Å². The first-order chi connectivity index (χ1) is 7.59. The van der Waals surface area contributed by atoms with Crippen LogP contribution in [0.4, 0.5) is 5.13 Å². The highest BCUT2D eigenvalue weighted by Gasteiger charge is 2.37. The number of hydrogen-bond donors (Lipinski definition) is 1. The van der Waals surface area contributed by atoms with Crippen LogP contribution in [0.3, 0.4) is 0 Å². The standard InChI is InChI=1S/C9H11ClN2O3S/c1-12(9-11-7(10)4-16-9)6-3-15-2-5(6)8(13)14/h4-6H,2-3H2,1H3,(H,13,14). The van der Waals surface area contributed by atoms with Crippen molar-refractivity contribution in [1.82, 2.24) is 4.98 Å². The van der Waals surface area contributed by atoms with Gasteiger partial charge in [0, 0.05) is 12.4 Å². The molecule has 1 aliphatic heterocycles. The number of aromatic nitrogens is 1. The maximum atomic E-state index is 11.0. The maximum Gasteiger partial charge on any atom is 0.311 e. The molecule has 88 valence electrons. The van der Waals surface area contributed by atoms with E-state index in [4.69, 9.17) is 21.4 Å². The van der Waals surface area contributed by atoms with Crippen LogP contribution >= 0.6 is 22.9 Å². The molecule has 0 aliphatic carbocycles. The second-order valence-corrected chi connectivity index (χ2v) is 4.84. The number of rotatable bonds is 3. The lowest BCUT2D eigenvalue weighted by Gasteiger charge is -2.25. The molecule has 1 aliphatic rings. The number of thiazole rings is 1.